The van der Waals surface area contributed by atoms with Gasteiger partial charge in [0.2, 0.25) is 0 Å². The lowest BCUT2D eigenvalue weighted by Gasteiger charge is -2.18. The van der Waals surface area contributed by atoms with Crippen molar-refractivity contribution in [3.63, 3.8) is 0 Å². The Balaban J connectivity index is 2.64. The molecule has 17 heavy (non-hydrogen) atoms. The van der Waals surface area contributed by atoms with Gasteiger partial charge in [-0.1, -0.05) is 6.92 Å². The molecule has 94 valence electrons. The maximum absolute atomic E-state index is 11.5. The maximum atomic E-state index is 11.5. The van der Waals surface area contributed by atoms with Gasteiger partial charge in [0.25, 0.3) is 0 Å². The first-order valence-corrected chi connectivity index (χ1v) is 5.34. The summed E-state index contributed by atoms with van der Waals surface area (Å²) < 4.78 is 9.83. The van der Waals surface area contributed by atoms with Gasteiger partial charge in [0.05, 0.1) is 12.9 Å². The minimum absolute atomic E-state index is 0.0254. The Morgan fingerprint density at radius 2 is 2.18 bits per heavy atom. The van der Waals surface area contributed by atoms with Gasteiger partial charge >= 0.3 is 12.1 Å². The number of furan rings is 1. The van der Waals surface area contributed by atoms with E-state index < -0.39 is 12.1 Å². The largest absolute Gasteiger partial charge is 0.467 e. The monoisotopic (exact) mass is 241 g/mol. The summed E-state index contributed by atoms with van der Waals surface area (Å²) in [6, 6.07) is 3.35. The van der Waals surface area contributed by atoms with Crippen molar-refractivity contribution in [2.45, 2.75) is 26.8 Å². The van der Waals surface area contributed by atoms with Crippen LogP contribution in [0.5, 0.6) is 0 Å². The Bertz CT molecular complexity index is 360. The quantitative estimate of drug-likeness (QED) is 0.755. The Labute approximate surface area is 99.0 Å². The highest BCUT2D eigenvalue weighted by Gasteiger charge is 2.20. The number of hydroxylamine groups is 2. The van der Waals surface area contributed by atoms with E-state index in [1.54, 1.807) is 26.0 Å². The second-order valence-corrected chi connectivity index (χ2v) is 3.13. The smallest absolute Gasteiger partial charge is 0.443 e. The van der Waals surface area contributed by atoms with Crippen LogP contribution in [0.25, 0.3) is 0 Å². The lowest BCUT2D eigenvalue weighted by atomic mass is 10.4. The molecule has 1 aromatic rings. The van der Waals surface area contributed by atoms with Crippen molar-refractivity contribution in [2.75, 3.05) is 6.61 Å². The first-order chi connectivity index (χ1) is 8.17. The Morgan fingerprint density at radius 1 is 1.41 bits per heavy atom. The van der Waals surface area contributed by atoms with Crippen LogP contribution in [0.2, 0.25) is 0 Å². The van der Waals surface area contributed by atoms with Gasteiger partial charge < -0.3 is 14.0 Å². The van der Waals surface area contributed by atoms with Gasteiger partial charge in [-0.15, -0.1) is 5.06 Å². The Hall–Kier alpha value is -1.98. The highest BCUT2D eigenvalue weighted by molar-refractivity contribution is 5.73. The maximum Gasteiger partial charge on any atom is 0.443 e. The van der Waals surface area contributed by atoms with Crippen LogP contribution in [0.15, 0.2) is 22.8 Å². The third-order valence-corrected chi connectivity index (χ3v) is 1.85. The second kappa shape index (κ2) is 6.57. The zero-order valence-electron chi connectivity index (χ0n) is 9.84. The minimum atomic E-state index is -0.717. The molecule has 6 nitrogen and oxygen atoms in total. The van der Waals surface area contributed by atoms with E-state index in [1.165, 1.54) is 6.26 Å². The number of rotatable bonds is 4. The molecule has 0 aromatic carbocycles. The summed E-state index contributed by atoms with van der Waals surface area (Å²) in [7, 11) is 0. The highest BCUT2D eigenvalue weighted by atomic mass is 16.8. The molecule has 0 aliphatic rings. The number of carbonyl (C=O) groups excluding carboxylic acids is 2. The molecule has 1 aromatic heterocycles. The fraction of sp³-hybridized carbons (Fsp3) is 0.455. The van der Waals surface area contributed by atoms with Crippen LogP contribution in [-0.4, -0.2) is 23.7 Å². The Kier molecular flexibility index (Phi) is 5.06. The van der Waals surface area contributed by atoms with Gasteiger partial charge in [0, 0.05) is 6.42 Å². The third-order valence-electron chi connectivity index (χ3n) is 1.85. The average molecular weight is 241 g/mol. The Morgan fingerprint density at radius 3 is 2.71 bits per heavy atom. The van der Waals surface area contributed by atoms with Gasteiger partial charge in [-0.05, 0) is 19.1 Å². The molecule has 0 radical (unpaired) electrons. The molecular weight excluding hydrogens is 226 g/mol. The minimum Gasteiger partial charge on any atom is -0.467 e. The molecule has 0 saturated heterocycles. The van der Waals surface area contributed by atoms with E-state index in [2.05, 4.69) is 0 Å². The standard InChI is InChI=1S/C11H15NO5/c1-3-10(13)17-12(11(14)15-4-2)8-9-6-5-7-16-9/h5-7H,3-4,8H2,1-2H3. The number of ether oxygens (including phenoxy) is 1. The lowest BCUT2D eigenvalue weighted by Crippen LogP contribution is -2.33. The zero-order chi connectivity index (χ0) is 12.7. The molecule has 6 heteroatoms. The summed E-state index contributed by atoms with van der Waals surface area (Å²) in [5, 5.41) is 0.841. The molecule has 1 heterocycles. The summed E-state index contributed by atoms with van der Waals surface area (Å²) >= 11 is 0. The van der Waals surface area contributed by atoms with Crippen molar-refractivity contribution in [3.05, 3.63) is 24.2 Å². The summed E-state index contributed by atoms with van der Waals surface area (Å²) in [6.07, 6.45) is 0.930. The van der Waals surface area contributed by atoms with Crippen molar-refractivity contribution in [3.8, 4) is 0 Å². The number of nitrogens with zero attached hydrogens (tertiary/aromatic N) is 1. The fourth-order valence-electron chi connectivity index (χ4n) is 1.06. The molecule has 0 aliphatic heterocycles. The van der Waals surface area contributed by atoms with Crippen LogP contribution >= 0.6 is 0 Å². The van der Waals surface area contributed by atoms with Crippen LogP contribution < -0.4 is 0 Å². The van der Waals surface area contributed by atoms with Gasteiger partial charge in [-0.2, -0.15) is 0 Å². The van der Waals surface area contributed by atoms with Gasteiger partial charge in [-0.25, -0.2) is 9.59 Å². The van der Waals surface area contributed by atoms with E-state index >= 15 is 0 Å². The van der Waals surface area contributed by atoms with Crippen LogP contribution in [0, 0.1) is 0 Å². The van der Waals surface area contributed by atoms with E-state index in [4.69, 9.17) is 14.0 Å². The molecule has 0 bridgehead atoms. The van der Waals surface area contributed by atoms with E-state index in [0.29, 0.717) is 5.76 Å². The van der Waals surface area contributed by atoms with Crippen LogP contribution in [0.3, 0.4) is 0 Å². The molecule has 1 rings (SSSR count). The van der Waals surface area contributed by atoms with Gasteiger partial charge in [0.1, 0.15) is 12.3 Å². The number of hydrogen-bond acceptors (Lipinski definition) is 5. The fourth-order valence-corrected chi connectivity index (χ4v) is 1.06. The summed E-state index contributed by atoms with van der Waals surface area (Å²) in [5.74, 6) is -0.00781. The number of carbonyl (C=O) groups is 2. The molecule has 0 N–H and O–H groups in total. The van der Waals surface area contributed by atoms with Gasteiger partial charge in [-0.3, -0.25) is 0 Å². The summed E-state index contributed by atoms with van der Waals surface area (Å²) in [6.45, 7) is 3.54. The van der Waals surface area contributed by atoms with Crippen LogP contribution in [0.1, 0.15) is 26.0 Å². The molecule has 0 spiro atoms. The van der Waals surface area contributed by atoms with Crippen molar-refractivity contribution < 1.29 is 23.6 Å². The molecule has 0 aliphatic carbocycles. The SMILES string of the molecule is CCOC(=O)N(Cc1ccco1)OC(=O)CC. The average Bonchev–Trinajstić information content (AvgIpc) is 2.81. The van der Waals surface area contributed by atoms with Crippen LogP contribution in [-0.2, 0) is 20.9 Å². The predicted molar refractivity (Wildman–Crippen MR) is 57.7 cm³/mol. The van der Waals surface area contributed by atoms with Crippen molar-refractivity contribution in [1.29, 1.82) is 0 Å². The van der Waals surface area contributed by atoms with Crippen molar-refractivity contribution in [1.82, 2.24) is 5.06 Å². The van der Waals surface area contributed by atoms with E-state index in [0.717, 1.165) is 5.06 Å². The number of amides is 1. The first-order valence-electron chi connectivity index (χ1n) is 5.34. The predicted octanol–water partition coefficient (Wildman–Crippen LogP) is 2.11. The van der Waals surface area contributed by atoms with E-state index in [9.17, 15) is 9.59 Å². The molecule has 0 atom stereocenters. The zero-order valence-corrected chi connectivity index (χ0v) is 9.84. The van der Waals surface area contributed by atoms with E-state index in [-0.39, 0.29) is 19.6 Å². The molecule has 0 saturated carbocycles. The summed E-state index contributed by atoms with van der Waals surface area (Å²) in [4.78, 5) is 27.5. The third kappa shape index (κ3) is 4.18. The highest BCUT2D eigenvalue weighted by Crippen LogP contribution is 2.08. The topological polar surface area (TPSA) is 69.0 Å². The van der Waals surface area contributed by atoms with Crippen molar-refractivity contribution in [2.24, 2.45) is 0 Å². The summed E-state index contributed by atoms with van der Waals surface area (Å²) in [5.41, 5.74) is 0. The van der Waals surface area contributed by atoms with E-state index in [1.807, 2.05) is 0 Å². The normalized spacial score (nSPS) is 9.76. The molecule has 1 amide bonds. The second-order valence-electron chi connectivity index (χ2n) is 3.13. The van der Waals surface area contributed by atoms with Gasteiger partial charge in [0.15, 0.2) is 0 Å². The molecule has 0 fully saturated rings. The number of hydrogen-bond donors (Lipinski definition) is 0. The molecule has 0 unspecified atom stereocenters. The lowest BCUT2D eigenvalue weighted by molar-refractivity contribution is -0.184. The first kappa shape index (κ1) is 13.1. The van der Waals surface area contributed by atoms with Crippen LogP contribution in [0.4, 0.5) is 4.79 Å². The van der Waals surface area contributed by atoms with Crippen molar-refractivity contribution >= 4 is 12.1 Å². The molecular formula is C11H15NO5.